The van der Waals surface area contributed by atoms with Crippen molar-refractivity contribution in [3.8, 4) is 0 Å². The van der Waals surface area contributed by atoms with Crippen LogP contribution in [0, 0.1) is 0 Å². The number of fused-ring (bicyclic) bond motifs is 2. The lowest BCUT2D eigenvalue weighted by atomic mass is 9.96. The zero-order valence-corrected chi connectivity index (χ0v) is 20.3. The maximum Gasteiger partial charge on any atom is 0.253 e. The van der Waals surface area contributed by atoms with Crippen molar-refractivity contribution < 1.29 is 13.2 Å². The number of hydrogen-bond acceptors (Lipinski definition) is 5. The predicted molar refractivity (Wildman–Crippen MR) is 129 cm³/mol. The van der Waals surface area contributed by atoms with E-state index in [4.69, 9.17) is 16.6 Å². The van der Waals surface area contributed by atoms with Gasteiger partial charge in [-0.3, -0.25) is 9.10 Å². The molecule has 168 valence electrons. The van der Waals surface area contributed by atoms with Crippen LogP contribution in [-0.2, 0) is 16.4 Å². The van der Waals surface area contributed by atoms with E-state index in [0.717, 1.165) is 33.6 Å². The monoisotopic (exact) mass is 489 g/mol. The summed E-state index contributed by atoms with van der Waals surface area (Å²) in [6.07, 6.45) is 3.60. The normalized spacial score (nSPS) is 19.5. The van der Waals surface area contributed by atoms with Crippen molar-refractivity contribution in [3.05, 3.63) is 57.6 Å². The molecule has 3 heterocycles. The molecular weight excluding hydrogens is 466 g/mol. The van der Waals surface area contributed by atoms with Crippen molar-refractivity contribution in [2.75, 3.05) is 23.7 Å². The minimum Gasteiger partial charge on any atom is -0.339 e. The van der Waals surface area contributed by atoms with Crippen LogP contribution in [0.15, 0.2) is 36.4 Å². The summed E-state index contributed by atoms with van der Waals surface area (Å²) in [5, 5.41) is 1.81. The molecule has 32 heavy (non-hydrogen) atoms. The maximum atomic E-state index is 13.1. The molecule has 2 aliphatic rings. The fourth-order valence-electron chi connectivity index (χ4n) is 4.85. The molecule has 6 nitrogen and oxygen atoms in total. The van der Waals surface area contributed by atoms with Crippen LogP contribution in [0.25, 0.3) is 10.2 Å². The van der Waals surface area contributed by atoms with Crippen molar-refractivity contribution >= 4 is 54.8 Å². The number of sulfonamides is 1. The summed E-state index contributed by atoms with van der Waals surface area (Å²) in [6.45, 7) is 3.26. The number of amides is 1. The van der Waals surface area contributed by atoms with Gasteiger partial charge in [0.05, 0.1) is 27.2 Å². The van der Waals surface area contributed by atoms with Gasteiger partial charge in [0, 0.05) is 35.6 Å². The minimum absolute atomic E-state index is 0.00721. The molecule has 0 bridgehead atoms. The number of rotatable bonds is 3. The first-order chi connectivity index (χ1) is 15.2. The fourth-order valence-corrected chi connectivity index (χ4v) is 7.39. The zero-order chi connectivity index (χ0) is 22.6. The molecule has 1 atom stereocenters. The topological polar surface area (TPSA) is 70.6 Å². The molecule has 1 fully saturated rings. The third kappa shape index (κ3) is 3.89. The summed E-state index contributed by atoms with van der Waals surface area (Å²) in [5.41, 5.74) is 3.16. The predicted octanol–water partition coefficient (Wildman–Crippen LogP) is 4.68. The van der Waals surface area contributed by atoms with Gasteiger partial charge in [-0.2, -0.15) is 0 Å². The van der Waals surface area contributed by atoms with E-state index in [0.29, 0.717) is 41.7 Å². The van der Waals surface area contributed by atoms with Gasteiger partial charge in [0.1, 0.15) is 0 Å². The number of anilines is 1. The molecule has 2 aliphatic heterocycles. The highest BCUT2D eigenvalue weighted by Gasteiger charge is 2.33. The Kier molecular flexibility index (Phi) is 5.42. The average molecular weight is 490 g/mol. The Morgan fingerprint density at radius 2 is 1.91 bits per heavy atom. The Bertz CT molecular complexity index is 1310. The number of likely N-dealkylation sites (tertiary alicyclic amines) is 1. The van der Waals surface area contributed by atoms with E-state index >= 15 is 0 Å². The van der Waals surface area contributed by atoms with Gasteiger partial charge in [-0.25, -0.2) is 13.4 Å². The van der Waals surface area contributed by atoms with Crippen LogP contribution < -0.4 is 4.31 Å². The molecule has 1 saturated heterocycles. The van der Waals surface area contributed by atoms with Crippen molar-refractivity contribution in [2.24, 2.45) is 0 Å². The highest BCUT2D eigenvalue weighted by molar-refractivity contribution is 7.92. The van der Waals surface area contributed by atoms with Crippen LogP contribution in [0.1, 0.15) is 46.6 Å². The molecule has 0 aliphatic carbocycles. The third-order valence-electron chi connectivity index (χ3n) is 6.33. The largest absolute Gasteiger partial charge is 0.339 e. The Balaban J connectivity index is 1.29. The fraction of sp³-hybridized carbons (Fsp3) is 0.391. The zero-order valence-electron chi connectivity index (χ0n) is 17.9. The SMILES string of the molecule is CC1Cc2cc(C(=O)N3CCC(c4nc5cc(Cl)ccc5s4)CC3)ccc2N1S(C)(=O)=O. The smallest absolute Gasteiger partial charge is 0.253 e. The van der Waals surface area contributed by atoms with Gasteiger partial charge in [-0.15, -0.1) is 11.3 Å². The van der Waals surface area contributed by atoms with E-state index in [-0.39, 0.29) is 11.9 Å². The minimum atomic E-state index is -3.34. The average Bonchev–Trinajstić information content (AvgIpc) is 3.32. The number of thiazole rings is 1. The number of carbonyl (C=O) groups excluding carboxylic acids is 1. The van der Waals surface area contributed by atoms with Gasteiger partial charge in [0.2, 0.25) is 10.0 Å². The quantitative estimate of drug-likeness (QED) is 0.535. The van der Waals surface area contributed by atoms with Crippen LogP contribution in [0.3, 0.4) is 0 Å². The lowest BCUT2D eigenvalue weighted by Gasteiger charge is -2.31. The van der Waals surface area contributed by atoms with E-state index in [1.54, 1.807) is 23.5 Å². The summed E-state index contributed by atoms with van der Waals surface area (Å²) in [5.74, 6) is 0.354. The molecule has 2 aromatic carbocycles. The van der Waals surface area contributed by atoms with Gasteiger partial charge in [-0.1, -0.05) is 11.6 Å². The molecule has 1 aromatic heterocycles. The Labute approximate surface area is 196 Å². The molecule has 1 unspecified atom stereocenters. The van der Waals surface area contributed by atoms with E-state index in [1.165, 1.54) is 10.6 Å². The second kappa shape index (κ2) is 8.01. The van der Waals surface area contributed by atoms with Gasteiger partial charge < -0.3 is 4.90 Å². The Morgan fingerprint density at radius 1 is 1.16 bits per heavy atom. The van der Waals surface area contributed by atoms with Gasteiger partial charge in [-0.05, 0) is 68.1 Å². The summed E-state index contributed by atoms with van der Waals surface area (Å²) in [4.78, 5) is 19.8. The first-order valence-corrected chi connectivity index (χ1v) is 13.7. The van der Waals surface area contributed by atoms with E-state index in [1.807, 2.05) is 36.1 Å². The van der Waals surface area contributed by atoms with Gasteiger partial charge >= 0.3 is 0 Å². The van der Waals surface area contributed by atoms with Crippen molar-refractivity contribution in [1.82, 2.24) is 9.88 Å². The van der Waals surface area contributed by atoms with Gasteiger partial charge in [0.15, 0.2) is 0 Å². The summed E-state index contributed by atoms with van der Waals surface area (Å²) in [7, 11) is -3.34. The van der Waals surface area contributed by atoms with Crippen LogP contribution in [0.5, 0.6) is 0 Å². The summed E-state index contributed by atoms with van der Waals surface area (Å²) < 4.78 is 26.9. The maximum absolute atomic E-state index is 13.1. The summed E-state index contributed by atoms with van der Waals surface area (Å²) >= 11 is 7.79. The first-order valence-electron chi connectivity index (χ1n) is 10.7. The van der Waals surface area contributed by atoms with Crippen molar-refractivity contribution in [1.29, 1.82) is 0 Å². The van der Waals surface area contributed by atoms with E-state index in [2.05, 4.69) is 0 Å². The van der Waals surface area contributed by atoms with Crippen LogP contribution in [0.2, 0.25) is 5.02 Å². The Hall–Kier alpha value is -2.16. The number of nitrogens with zero attached hydrogens (tertiary/aromatic N) is 3. The summed E-state index contributed by atoms with van der Waals surface area (Å²) in [6, 6.07) is 11.0. The standard InChI is InChI=1S/C23H24ClN3O3S2/c1-14-11-17-12-16(3-5-20(17)27(14)32(2,29)30)23(28)26-9-7-15(8-10-26)22-25-19-13-18(24)4-6-21(19)31-22/h3-6,12-15H,7-11H2,1-2H3. The molecule has 5 rings (SSSR count). The number of carbonyl (C=O) groups is 1. The van der Waals surface area contributed by atoms with E-state index in [9.17, 15) is 13.2 Å². The molecule has 0 radical (unpaired) electrons. The first kappa shape index (κ1) is 21.7. The second-order valence-corrected chi connectivity index (χ2v) is 12.0. The van der Waals surface area contributed by atoms with Crippen molar-refractivity contribution in [3.63, 3.8) is 0 Å². The number of hydrogen-bond donors (Lipinski definition) is 0. The number of aromatic nitrogens is 1. The van der Waals surface area contributed by atoms with Gasteiger partial charge in [0.25, 0.3) is 5.91 Å². The molecule has 9 heteroatoms. The van der Waals surface area contributed by atoms with Crippen LogP contribution >= 0.6 is 22.9 Å². The second-order valence-electron chi connectivity index (χ2n) is 8.69. The molecule has 3 aromatic rings. The van der Waals surface area contributed by atoms with Crippen molar-refractivity contribution in [2.45, 2.75) is 38.1 Å². The molecular formula is C23H24ClN3O3S2. The van der Waals surface area contributed by atoms with E-state index < -0.39 is 10.0 Å². The molecule has 0 saturated carbocycles. The molecule has 0 N–H and O–H groups in total. The molecule has 1 amide bonds. The Morgan fingerprint density at radius 3 is 2.62 bits per heavy atom. The van der Waals surface area contributed by atoms with Crippen LogP contribution in [0.4, 0.5) is 5.69 Å². The lowest BCUT2D eigenvalue weighted by molar-refractivity contribution is 0.0713. The third-order valence-corrected chi connectivity index (χ3v) is 9.04. The number of benzene rings is 2. The van der Waals surface area contributed by atoms with Crippen LogP contribution in [-0.4, -0.2) is 49.6 Å². The number of halogens is 1. The molecule has 0 spiro atoms. The lowest BCUT2D eigenvalue weighted by Crippen LogP contribution is -2.38. The number of piperidine rings is 1. The highest BCUT2D eigenvalue weighted by Crippen LogP contribution is 2.37. The highest BCUT2D eigenvalue weighted by atomic mass is 35.5.